The number of anilines is 3. The molecule has 34 heavy (non-hydrogen) atoms. The summed E-state index contributed by atoms with van der Waals surface area (Å²) in [5.74, 6) is 1.57. The van der Waals surface area contributed by atoms with Crippen LogP contribution in [0.1, 0.15) is 11.1 Å². The molecular weight excluding hydrogens is 452 g/mol. The van der Waals surface area contributed by atoms with Crippen molar-refractivity contribution in [1.29, 1.82) is 5.41 Å². The Bertz CT molecular complexity index is 1370. The summed E-state index contributed by atoms with van der Waals surface area (Å²) < 4.78 is 8.48. The van der Waals surface area contributed by atoms with Crippen LogP contribution in [0.25, 0.3) is 11.1 Å². The Kier molecular flexibility index (Phi) is 6.79. The molecule has 0 unspecified atom stereocenters. The summed E-state index contributed by atoms with van der Waals surface area (Å²) in [5.41, 5.74) is 4.08. The molecule has 1 aliphatic rings. The lowest BCUT2D eigenvalue weighted by molar-refractivity contribution is -0.0979. The van der Waals surface area contributed by atoms with Crippen molar-refractivity contribution >= 4 is 40.5 Å². The van der Waals surface area contributed by atoms with Crippen LogP contribution >= 0.6 is 11.5 Å². The van der Waals surface area contributed by atoms with E-state index in [4.69, 9.17) is 14.9 Å². The van der Waals surface area contributed by atoms with Gasteiger partial charge in [0.1, 0.15) is 18.4 Å². The van der Waals surface area contributed by atoms with E-state index in [2.05, 4.69) is 24.6 Å². The van der Waals surface area contributed by atoms with Gasteiger partial charge in [-0.3, -0.25) is 19.6 Å². The Hall–Kier alpha value is -4.31. The first-order valence-electron chi connectivity index (χ1n) is 10.3. The molecule has 3 aromatic heterocycles. The number of hydrogen-bond acceptors (Lipinski definition) is 9. The topological polar surface area (TPSA) is 124 Å². The maximum Gasteiger partial charge on any atom is 0.260 e. The summed E-state index contributed by atoms with van der Waals surface area (Å²) in [6, 6.07) is 13.0. The van der Waals surface area contributed by atoms with E-state index in [1.807, 2.05) is 50.4 Å². The average molecular weight is 475 g/mol. The van der Waals surface area contributed by atoms with E-state index in [0.29, 0.717) is 28.4 Å². The lowest BCUT2D eigenvalue weighted by Crippen LogP contribution is -2.29. The minimum atomic E-state index is -0.164. The lowest BCUT2D eigenvalue weighted by atomic mass is 9.97. The molecule has 0 fully saturated rings. The predicted octanol–water partition coefficient (Wildman–Crippen LogP) is 3.70. The van der Waals surface area contributed by atoms with E-state index >= 15 is 0 Å². The van der Waals surface area contributed by atoms with Crippen molar-refractivity contribution in [3.05, 3.63) is 82.5 Å². The fourth-order valence-corrected chi connectivity index (χ4v) is 4.17. The number of ether oxygens (including phenoxy) is 1. The number of carbonyl (C=O) groups excluding carboxylic acids is 1. The average Bonchev–Trinajstić information content (AvgIpc) is 3.30. The van der Waals surface area contributed by atoms with Gasteiger partial charge in [0.15, 0.2) is 11.6 Å². The van der Waals surface area contributed by atoms with Crippen LogP contribution in [0.2, 0.25) is 0 Å². The highest BCUT2D eigenvalue weighted by Crippen LogP contribution is 2.35. The zero-order chi connectivity index (χ0) is 24.1. The van der Waals surface area contributed by atoms with E-state index in [1.54, 1.807) is 18.5 Å². The Labute approximate surface area is 199 Å². The third kappa shape index (κ3) is 4.71. The summed E-state index contributed by atoms with van der Waals surface area (Å²) in [6.07, 6.45) is 5.17. The molecule has 3 N–H and O–H groups in total. The molecule has 0 amide bonds. The number of nitrogens with zero attached hydrogens (tertiary/aromatic N) is 3. The number of nitrogens with one attached hydrogen (secondary N) is 3. The number of carbonyl (C=O) groups is 1. The van der Waals surface area contributed by atoms with Gasteiger partial charge < -0.3 is 19.7 Å². The first-order valence-corrected chi connectivity index (χ1v) is 11.1. The number of rotatable bonds is 5. The van der Waals surface area contributed by atoms with Crippen molar-refractivity contribution in [2.24, 2.45) is 0 Å². The van der Waals surface area contributed by atoms with Crippen LogP contribution < -0.4 is 20.5 Å². The van der Waals surface area contributed by atoms with Gasteiger partial charge in [0.2, 0.25) is 0 Å². The van der Waals surface area contributed by atoms with Gasteiger partial charge in [-0.15, -0.1) is 0 Å². The maximum atomic E-state index is 11.5. The number of H-pyrrole nitrogens is 1. The van der Waals surface area contributed by atoms with Crippen LogP contribution in [-0.2, 0) is 4.79 Å². The zero-order valence-corrected chi connectivity index (χ0v) is 19.2. The Morgan fingerprint density at radius 1 is 1.21 bits per heavy atom. The number of aromatic nitrogens is 3. The first-order chi connectivity index (χ1) is 16.6. The standard InChI is InChI=1S/C23H20N6O2S.CH2O/c1-29-7-8-31-19-10-16(13-26-23(19)29)14-4-5-18(27-21-11-20(30)28-32-21)17(9-14)22(24)15-3-2-6-25-12-15;1-2/h2-6,9-13,24,27H,7-8H2,1H3,(H,28,30);1H2. The van der Waals surface area contributed by atoms with Crippen LogP contribution in [0, 0.1) is 5.41 Å². The van der Waals surface area contributed by atoms with Crippen molar-refractivity contribution in [2.45, 2.75) is 0 Å². The largest absolute Gasteiger partial charge is 0.488 e. The van der Waals surface area contributed by atoms with E-state index in [1.165, 1.54) is 17.6 Å². The third-order valence-corrected chi connectivity index (χ3v) is 5.98. The molecule has 1 aromatic carbocycles. The molecule has 0 bridgehead atoms. The summed E-state index contributed by atoms with van der Waals surface area (Å²) >= 11 is 1.21. The van der Waals surface area contributed by atoms with Crippen LogP contribution in [0.4, 0.5) is 16.5 Å². The molecular formula is C24H22N6O3S. The second kappa shape index (κ2) is 10.1. The highest BCUT2D eigenvalue weighted by Gasteiger charge is 2.18. The smallest absolute Gasteiger partial charge is 0.260 e. The molecule has 0 atom stereocenters. The van der Waals surface area contributed by atoms with E-state index < -0.39 is 0 Å². The van der Waals surface area contributed by atoms with Gasteiger partial charge in [0, 0.05) is 54.1 Å². The Balaban J connectivity index is 0.00000133. The summed E-state index contributed by atoms with van der Waals surface area (Å²) in [4.78, 5) is 30.3. The monoisotopic (exact) mass is 474 g/mol. The van der Waals surface area contributed by atoms with Crippen molar-refractivity contribution in [2.75, 3.05) is 30.4 Å². The van der Waals surface area contributed by atoms with Crippen LogP contribution in [0.5, 0.6) is 5.75 Å². The molecule has 0 aliphatic carbocycles. The lowest BCUT2D eigenvalue weighted by Gasteiger charge is -2.26. The maximum absolute atomic E-state index is 11.5. The molecule has 0 radical (unpaired) electrons. The SMILES string of the molecule is C=O.CN1CCOc2cc(-c3ccc(Nc4cc(=O)[nH]s4)c(C(=N)c4cccnc4)c3)cnc21. The molecule has 0 saturated heterocycles. The van der Waals surface area contributed by atoms with Crippen molar-refractivity contribution in [1.82, 2.24) is 14.3 Å². The Morgan fingerprint density at radius 2 is 2.06 bits per heavy atom. The van der Waals surface area contributed by atoms with E-state index in [9.17, 15) is 4.79 Å². The van der Waals surface area contributed by atoms with Gasteiger partial charge in [-0.25, -0.2) is 4.98 Å². The third-order valence-electron chi connectivity index (χ3n) is 5.23. The minimum absolute atomic E-state index is 0.164. The van der Waals surface area contributed by atoms with E-state index in [0.717, 1.165) is 34.9 Å². The number of hydrogen-bond donors (Lipinski definition) is 3. The van der Waals surface area contributed by atoms with E-state index in [-0.39, 0.29) is 5.56 Å². The molecule has 0 spiro atoms. The van der Waals surface area contributed by atoms with Gasteiger partial charge in [-0.2, -0.15) is 0 Å². The van der Waals surface area contributed by atoms with Gasteiger partial charge >= 0.3 is 0 Å². The molecule has 4 heterocycles. The summed E-state index contributed by atoms with van der Waals surface area (Å²) in [7, 11) is 2.00. The van der Waals surface area contributed by atoms with Crippen LogP contribution in [-0.4, -0.2) is 47.0 Å². The van der Waals surface area contributed by atoms with Crippen molar-refractivity contribution < 1.29 is 9.53 Å². The fourth-order valence-electron chi connectivity index (χ4n) is 3.57. The summed E-state index contributed by atoms with van der Waals surface area (Å²) in [5, 5.41) is 12.8. The van der Waals surface area contributed by atoms with Crippen LogP contribution in [0.15, 0.2) is 65.8 Å². The highest BCUT2D eigenvalue weighted by molar-refractivity contribution is 7.10. The first kappa shape index (κ1) is 22.9. The van der Waals surface area contributed by atoms with Gasteiger partial charge in [-0.05, 0) is 47.4 Å². The molecule has 5 rings (SSSR count). The second-order valence-electron chi connectivity index (χ2n) is 7.39. The minimum Gasteiger partial charge on any atom is -0.488 e. The Morgan fingerprint density at radius 3 is 2.79 bits per heavy atom. The van der Waals surface area contributed by atoms with Crippen molar-refractivity contribution in [3.8, 4) is 16.9 Å². The number of fused-ring (bicyclic) bond motifs is 1. The molecule has 0 saturated carbocycles. The number of likely N-dealkylation sites (N-methyl/N-ethyl adjacent to an activating group) is 1. The van der Waals surface area contributed by atoms with Crippen molar-refractivity contribution in [3.63, 3.8) is 0 Å². The quantitative estimate of drug-likeness (QED) is 0.377. The van der Waals surface area contributed by atoms with Gasteiger partial charge in [0.25, 0.3) is 5.56 Å². The second-order valence-corrected chi connectivity index (χ2v) is 8.24. The molecule has 10 heteroatoms. The normalized spacial score (nSPS) is 12.1. The number of benzene rings is 1. The molecule has 172 valence electrons. The molecule has 1 aliphatic heterocycles. The van der Waals surface area contributed by atoms with Gasteiger partial charge in [0.05, 0.1) is 12.3 Å². The molecule has 9 nitrogen and oxygen atoms in total. The fraction of sp³-hybridized carbons (Fsp3) is 0.125. The predicted molar refractivity (Wildman–Crippen MR) is 134 cm³/mol. The zero-order valence-electron chi connectivity index (χ0n) is 18.4. The number of aromatic amines is 1. The molecule has 4 aromatic rings. The highest BCUT2D eigenvalue weighted by atomic mass is 32.1. The van der Waals surface area contributed by atoms with Crippen LogP contribution in [0.3, 0.4) is 0 Å². The van der Waals surface area contributed by atoms with Gasteiger partial charge in [-0.1, -0.05) is 6.07 Å². The number of pyridine rings is 2. The summed E-state index contributed by atoms with van der Waals surface area (Å²) in [6.45, 7) is 3.42.